The third kappa shape index (κ3) is 3.77. The van der Waals surface area contributed by atoms with Crippen molar-refractivity contribution in [2.24, 2.45) is 5.92 Å². The van der Waals surface area contributed by atoms with Gasteiger partial charge in [-0.25, -0.2) is 9.37 Å². The lowest BCUT2D eigenvalue weighted by atomic mass is 10.0. The van der Waals surface area contributed by atoms with Crippen LogP contribution in [-0.2, 0) is 6.42 Å². The molecule has 1 unspecified atom stereocenters. The number of fused-ring (bicyclic) bond motifs is 1. The molecule has 1 aromatic carbocycles. The molecule has 0 spiro atoms. The number of anilines is 1. The van der Waals surface area contributed by atoms with E-state index in [2.05, 4.69) is 15.4 Å². The van der Waals surface area contributed by atoms with Gasteiger partial charge in [0.25, 0.3) is 5.56 Å². The monoisotopic (exact) mass is 348 g/mol. The fourth-order valence-corrected chi connectivity index (χ4v) is 3.24. The number of halogens is 1. The molecular weight excluding hydrogens is 331 g/mol. The number of aryl methyl sites for hydroxylation is 1. The first kappa shape index (κ1) is 16.5. The summed E-state index contributed by atoms with van der Waals surface area (Å²) in [4.78, 5) is 16.6. The standard InChI is InChI=1S/C16H17FN4O2S/c1-10-6-14(23)21-16(19-10)24-15(20-21)18-8-12(9-22)7-11-2-4-13(17)5-3-11/h2-6,12,22H,7-9H2,1H3,(H,18,20). The summed E-state index contributed by atoms with van der Waals surface area (Å²) in [5.41, 5.74) is 1.39. The number of hydrogen-bond acceptors (Lipinski definition) is 6. The number of nitrogens with zero attached hydrogens (tertiary/aromatic N) is 3. The van der Waals surface area contributed by atoms with Crippen LogP contribution in [0.1, 0.15) is 11.3 Å². The average Bonchev–Trinajstić information content (AvgIpc) is 2.96. The second-order valence-electron chi connectivity index (χ2n) is 5.60. The van der Waals surface area contributed by atoms with Crippen molar-refractivity contribution in [1.82, 2.24) is 14.6 Å². The van der Waals surface area contributed by atoms with E-state index in [1.165, 1.54) is 34.1 Å². The third-order valence-corrected chi connectivity index (χ3v) is 4.48. The molecule has 0 aliphatic carbocycles. The number of rotatable bonds is 6. The van der Waals surface area contributed by atoms with Crippen molar-refractivity contribution in [2.75, 3.05) is 18.5 Å². The van der Waals surface area contributed by atoms with Crippen LogP contribution < -0.4 is 10.9 Å². The summed E-state index contributed by atoms with van der Waals surface area (Å²) < 4.78 is 14.2. The van der Waals surface area contributed by atoms with Crippen LogP contribution in [-0.4, -0.2) is 32.9 Å². The normalized spacial score (nSPS) is 12.5. The van der Waals surface area contributed by atoms with E-state index in [1.807, 2.05) is 0 Å². The van der Waals surface area contributed by atoms with E-state index in [0.717, 1.165) is 5.56 Å². The Morgan fingerprint density at radius 3 is 2.83 bits per heavy atom. The van der Waals surface area contributed by atoms with Gasteiger partial charge in [0.2, 0.25) is 10.1 Å². The van der Waals surface area contributed by atoms with Gasteiger partial charge in [0, 0.05) is 30.8 Å². The Morgan fingerprint density at radius 1 is 1.38 bits per heavy atom. The lowest BCUT2D eigenvalue weighted by Crippen LogP contribution is -2.20. The first-order valence-electron chi connectivity index (χ1n) is 7.52. The van der Waals surface area contributed by atoms with Crippen molar-refractivity contribution < 1.29 is 9.50 Å². The maximum Gasteiger partial charge on any atom is 0.275 e. The highest BCUT2D eigenvalue weighted by molar-refractivity contribution is 7.20. The molecule has 0 aliphatic heterocycles. The summed E-state index contributed by atoms with van der Waals surface area (Å²) in [7, 11) is 0. The molecule has 0 saturated heterocycles. The van der Waals surface area contributed by atoms with Crippen molar-refractivity contribution in [2.45, 2.75) is 13.3 Å². The molecule has 0 aliphatic rings. The number of hydrogen-bond donors (Lipinski definition) is 2. The van der Waals surface area contributed by atoms with Gasteiger partial charge in [-0.15, -0.1) is 5.10 Å². The van der Waals surface area contributed by atoms with Crippen LogP contribution in [0, 0.1) is 18.7 Å². The van der Waals surface area contributed by atoms with Gasteiger partial charge in [-0.3, -0.25) is 4.79 Å². The van der Waals surface area contributed by atoms with Crippen LogP contribution in [0.4, 0.5) is 9.52 Å². The van der Waals surface area contributed by atoms with Gasteiger partial charge in [0.15, 0.2) is 0 Å². The van der Waals surface area contributed by atoms with E-state index in [9.17, 15) is 14.3 Å². The second-order valence-corrected chi connectivity index (χ2v) is 6.55. The molecule has 0 bridgehead atoms. The Kier molecular flexibility index (Phi) is 4.86. The van der Waals surface area contributed by atoms with Crippen LogP contribution in [0.2, 0.25) is 0 Å². The molecular formula is C16H17FN4O2S. The van der Waals surface area contributed by atoms with Gasteiger partial charge in [-0.2, -0.15) is 4.52 Å². The predicted octanol–water partition coefficient (Wildman–Crippen LogP) is 1.86. The van der Waals surface area contributed by atoms with Gasteiger partial charge in [-0.05, 0) is 31.0 Å². The molecule has 2 N–H and O–H groups in total. The molecule has 2 heterocycles. The zero-order chi connectivity index (χ0) is 17.1. The number of aliphatic hydroxyl groups is 1. The Labute approximate surface area is 141 Å². The third-order valence-electron chi connectivity index (χ3n) is 3.61. The fraction of sp³-hybridized carbons (Fsp3) is 0.312. The van der Waals surface area contributed by atoms with Crippen molar-refractivity contribution in [3.63, 3.8) is 0 Å². The number of aliphatic hydroxyl groups excluding tert-OH is 1. The minimum absolute atomic E-state index is 0.00736. The van der Waals surface area contributed by atoms with Crippen molar-refractivity contribution >= 4 is 21.4 Å². The number of benzene rings is 1. The second kappa shape index (κ2) is 7.06. The number of nitrogens with one attached hydrogen (secondary N) is 1. The van der Waals surface area contributed by atoms with Gasteiger partial charge in [0.05, 0.1) is 0 Å². The molecule has 126 valence electrons. The molecule has 6 nitrogen and oxygen atoms in total. The Hall–Kier alpha value is -2.32. The zero-order valence-corrected chi connectivity index (χ0v) is 13.9. The molecule has 1 atom stereocenters. The summed E-state index contributed by atoms with van der Waals surface area (Å²) in [5.74, 6) is -0.325. The molecule has 3 aromatic rings. The van der Waals surface area contributed by atoms with Crippen LogP contribution in [0.3, 0.4) is 0 Å². The van der Waals surface area contributed by atoms with Crippen molar-refractivity contribution in [3.05, 3.63) is 57.8 Å². The minimum atomic E-state index is -0.278. The van der Waals surface area contributed by atoms with Crippen LogP contribution in [0.25, 0.3) is 4.96 Å². The number of aromatic nitrogens is 3. The molecule has 0 saturated carbocycles. The van der Waals surface area contributed by atoms with Crippen LogP contribution >= 0.6 is 11.3 Å². The molecule has 0 amide bonds. The maximum absolute atomic E-state index is 12.9. The van der Waals surface area contributed by atoms with E-state index in [4.69, 9.17) is 0 Å². The minimum Gasteiger partial charge on any atom is -0.396 e. The van der Waals surface area contributed by atoms with E-state index in [-0.39, 0.29) is 23.9 Å². The van der Waals surface area contributed by atoms with Gasteiger partial charge in [-0.1, -0.05) is 23.5 Å². The largest absolute Gasteiger partial charge is 0.396 e. The average molecular weight is 348 g/mol. The van der Waals surface area contributed by atoms with Crippen molar-refractivity contribution in [1.29, 1.82) is 0 Å². The first-order chi connectivity index (χ1) is 11.5. The predicted molar refractivity (Wildman–Crippen MR) is 91.0 cm³/mol. The van der Waals surface area contributed by atoms with Gasteiger partial charge >= 0.3 is 0 Å². The van der Waals surface area contributed by atoms with Crippen LogP contribution in [0.15, 0.2) is 35.1 Å². The van der Waals surface area contributed by atoms with E-state index < -0.39 is 0 Å². The Bertz CT molecular complexity index is 891. The summed E-state index contributed by atoms with van der Waals surface area (Å²) in [6.45, 7) is 2.24. The lowest BCUT2D eigenvalue weighted by molar-refractivity contribution is 0.232. The molecule has 0 fully saturated rings. The Balaban J connectivity index is 1.68. The van der Waals surface area contributed by atoms with E-state index in [1.54, 1.807) is 19.1 Å². The molecule has 2 aromatic heterocycles. The molecule has 24 heavy (non-hydrogen) atoms. The molecule has 3 rings (SSSR count). The zero-order valence-electron chi connectivity index (χ0n) is 13.1. The first-order valence-corrected chi connectivity index (χ1v) is 8.33. The lowest BCUT2D eigenvalue weighted by Gasteiger charge is -2.14. The van der Waals surface area contributed by atoms with Gasteiger partial charge in [0.1, 0.15) is 5.82 Å². The highest BCUT2D eigenvalue weighted by Gasteiger charge is 2.12. The molecule has 0 radical (unpaired) electrons. The quantitative estimate of drug-likeness (QED) is 0.711. The SMILES string of the molecule is Cc1cc(=O)n2nc(NCC(CO)Cc3ccc(F)cc3)sc2n1. The smallest absolute Gasteiger partial charge is 0.275 e. The molecule has 8 heteroatoms. The van der Waals surface area contributed by atoms with Gasteiger partial charge < -0.3 is 10.4 Å². The summed E-state index contributed by atoms with van der Waals surface area (Å²) in [6, 6.07) is 7.67. The maximum atomic E-state index is 12.9. The van der Waals surface area contributed by atoms with Crippen molar-refractivity contribution in [3.8, 4) is 0 Å². The topological polar surface area (TPSA) is 79.5 Å². The summed E-state index contributed by atoms with van der Waals surface area (Å²) >= 11 is 1.28. The van der Waals surface area contributed by atoms with Crippen LogP contribution in [0.5, 0.6) is 0 Å². The van der Waals surface area contributed by atoms with E-state index in [0.29, 0.717) is 28.8 Å². The van der Waals surface area contributed by atoms with E-state index >= 15 is 0 Å². The highest BCUT2D eigenvalue weighted by Crippen LogP contribution is 2.18. The highest BCUT2D eigenvalue weighted by atomic mass is 32.1. The summed E-state index contributed by atoms with van der Waals surface area (Å²) in [5, 5.41) is 17.4. The fourth-order valence-electron chi connectivity index (χ4n) is 2.38. The summed E-state index contributed by atoms with van der Waals surface area (Å²) in [6.07, 6.45) is 0.617. The Morgan fingerprint density at radius 2 is 2.12 bits per heavy atom.